The summed E-state index contributed by atoms with van der Waals surface area (Å²) < 4.78 is 5.50. The Morgan fingerprint density at radius 2 is 1.71 bits per heavy atom. The molecule has 0 aliphatic rings. The second-order valence-electron chi connectivity index (χ2n) is 7.03. The Hall–Kier alpha value is -3.06. The lowest BCUT2D eigenvalue weighted by Crippen LogP contribution is -2.34. The van der Waals surface area contributed by atoms with E-state index in [0.29, 0.717) is 30.1 Å². The minimum absolute atomic E-state index is 0.113. The van der Waals surface area contributed by atoms with E-state index in [0.717, 1.165) is 11.1 Å². The Labute approximate surface area is 187 Å². The Balaban J connectivity index is 1.87. The van der Waals surface area contributed by atoms with Crippen molar-refractivity contribution >= 4 is 35.0 Å². The zero-order valence-electron chi connectivity index (χ0n) is 18.3. The molecule has 0 unspecified atom stereocenters. The van der Waals surface area contributed by atoms with E-state index in [2.05, 4.69) is 10.6 Å². The molecule has 7 nitrogen and oxygen atoms in total. The van der Waals surface area contributed by atoms with Crippen molar-refractivity contribution in [1.29, 1.82) is 0 Å². The molecule has 0 aliphatic heterocycles. The molecule has 0 fully saturated rings. The fourth-order valence-corrected chi connectivity index (χ4v) is 3.09. The molecule has 0 spiro atoms. The third-order valence-electron chi connectivity index (χ3n) is 4.86. The zero-order valence-corrected chi connectivity index (χ0v) is 19.0. The summed E-state index contributed by atoms with van der Waals surface area (Å²) in [6.07, 6.45) is 0. The quantitative estimate of drug-likeness (QED) is 0.617. The van der Waals surface area contributed by atoms with Crippen LogP contribution in [-0.2, 0) is 9.59 Å². The van der Waals surface area contributed by atoms with E-state index in [9.17, 15) is 14.4 Å². The zero-order chi connectivity index (χ0) is 23.0. The van der Waals surface area contributed by atoms with Gasteiger partial charge in [0.15, 0.2) is 6.61 Å². The summed E-state index contributed by atoms with van der Waals surface area (Å²) in [5, 5.41) is 5.53. The molecular weight excluding hydrogens is 418 g/mol. The second-order valence-corrected chi connectivity index (χ2v) is 7.44. The van der Waals surface area contributed by atoms with Crippen LogP contribution in [0.1, 0.15) is 35.3 Å². The molecule has 0 saturated heterocycles. The molecule has 0 aliphatic carbocycles. The lowest BCUT2D eigenvalue weighted by molar-refractivity contribution is -0.133. The van der Waals surface area contributed by atoms with Crippen LogP contribution in [0.2, 0.25) is 5.02 Å². The van der Waals surface area contributed by atoms with Gasteiger partial charge in [-0.05, 0) is 69.2 Å². The number of halogens is 1. The number of aryl methyl sites for hydroxylation is 2. The highest BCUT2D eigenvalue weighted by atomic mass is 35.5. The van der Waals surface area contributed by atoms with E-state index in [1.165, 1.54) is 6.07 Å². The number of amides is 3. The highest BCUT2D eigenvalue weighted by molar-refractivity contribution is 6.32. The lowest BCUT2D eigenvalue weighted by atomic mass is 10.1. The molecule has 0 atom stereocenters. The van der Waals surface area contributed by atoms with Gasteiger partial charge >= 0.3 is 0 Å². The molecule has 0 heterocycles. The van der Waals surface area contributed by atoms with Crippen LogP contribution in [0.3, 0.4) is 0 Å². The van der Waals surface area contributed by atoms with Crippen molar-refractivity contribution in [2.45, 2.75) is 27.7 Å². The van der Waals surface area contributed by atoms with E-state index in [4.69, 9.17) is 16.3 Å². The van der Waals surface area contributed by atoms with Gasteiger partial charge in [0, 0.05) is 24.3 Å². The molecule has 31 heavy (non-hydrogen) atoms. The second kappa shape index (κ2) is 11.4. The highest BCUT2D eigenvalue weighted by Crippen LogP contribution is 2.27. The third-order valence-corrected chi connectivity index (χ3v) is 5.16. The van der Waals surface area contributed by atoms with Gasteiger partial charge in [-0.2, -0.15) is 0 Å². The van der Waals surface area contributed by atoms with E-state index in [-0.39, 0.29) is 30.0 Å². The number of likely N-dealkylation sites (N-methyl/N-ethyl adjacent to an activating group) is 1. The van der Waals surface area contributed by atoms with Crippen molar-refractivity contribution in [3.05, 3.63) is 58.1 Å². The van der Waals surface area contributed by atoms with Crippen LogP contribution >= 0.6 is 11.6 Å². The SMILES string of the molecule is CCN(CC)C(=O)COc1ccc(NC(=O)CNC(=O)c2ccc(C)c(C)c2)cc1Cl. The van der Waals surface area contributed by atoms with Crippen LogP contribution in [-0.4, -0.2) is 48.9 Å². The predicted molar refractivity (Wildman–Crippen MR) is 122 cm³/mol. The fourth-order valence-electron chi connectivity index (χ4n) is 2.85. The maximum Gasteiger partial charge on any atom is 0.260 e. The molecule has 0 radical (unpaired) electrons. The maximum absolute atomic E-state index is 12.2. The lowest BCUT2D eigenvalue weighted by Gasteiger charge is -2.19. The molecule has 8 heteroatoms. The first-order valence-electron chi connectivity index (χ1n) is 10.1. The largest absolute Gasteiger partial charge is 0.482 e. The number of benzene rings is 2. The summed E-state index contributed by atoms with van der Waals surface area (Å²) in [7, 11) is 0. The van der Waals surface area contributed by atoms with Gasteiger partial charge in [0.25, 0.3) is 11.8 Å². The van der Waals surface area contributed by atoms with Gasteiger partial charge in [0.05, 0.1) is 11.6 Å². The first-order chi connectivity index (χ1) is 14.7. The molecule has 0 aromatic heterocycles. The Morgan fingerprint density at radius 3 is 2.32 bits per heavy atom. The molecule has 0 bridgehead atoms. The van der Waals surface area contributed by atoms with Crippen molar-refractivity contribution in [1.82, 2.24) is 10.2 Å². The first-order valence-corrected chi connectivity index (χ1v) is 10.5. The molecule has 2 N–H and O–H groups in total. The molecule has 2 aromatic rings. The third kappa shape index (κ3) is 7.00. The smallest absolute Gasteiger partial charge is 0.260 e. The molecule has 2 aromatic carbocycles. The number of hydrogen-bond acceptors (Lipinski definition) is 4. The minimum Gasteiger partial charge on any atom is -0.482 e. The summed E-state index contributed by atoms with van der Waals surface area (Å²) in [6, 6.07) is 10.1. The fraction of sp³-hybridized carbons (Fsp3) is 0.348. The molecule has 166 valence electrons. The normalized spacial score (nSPS) is 10.4. The van der Waals surface area contributed by atoms with Gasteiger partial charge in [-0.15, -0.1) is 0 Å². The number of ether oxygens (including phenoxy) is 1. The monoisotopic (exact) mass is 445 g/mol. The number of carbonyl (C=O) groups excluding carboxylic acids is 3. The van der Waals surface area contributed by atoms with Gasteiger partial charge in [0.2, 0.25) is 5.91 Å². The van der Waals surface area contributed by atoms with Crippen molar-refractivity contribution in [2.24, 2.45) is 0 Å². The van der Waals surface area contributed by atoms with Gasteiger partial charge in [-0.25, -0.2) is 0 Å². The topological polar surface area (TPSA) is 87.7 Å². The van der Waals surface area contributed by atoms with E-state index in [1.54, 1.807) is 29.2 Å². The van der Waals surface area contributed by atoms with Gasteiger partial charge in [-0.1, -0.05) is 17.7 Å². The maximum atomic E-state index is 12.2. The highest BCUT2D eigenvalue weighted by Gasteiger charge is 2.13. The average molecular weight is 446 g/mol. The van der Waals surface area contributed by atoms with Crippen LogP contribution in [0, 0.1) is 13.8 Å². The Morgan fingerprint density at radius 1 is 1.00 bits per heavy atom. The Kier molecular flexibility index (Phi) is 8.88. The molecule has 3 amide bonds. The minimum atomic E-state index is -0.390. The van der Waals surface area contributed by atoms with E-state index in [1.807, 2.05) is 33.8 Å². The van der Waals surface area contributed by atoms with Gasteiger partial charge < -0.3 is 20.3 Å². The predicted octanol–water partition coefficient (Wildman–Crippen LogP) is 3.57. The average Bonchev–Trinajstić information content (AvgIpc) is 2.74. The van der Waals surface area contributed by atoms with Crippen LogP contribution < -0.4 is 15.4 Å². The summed E-state index contributed by atoms with van der Waals surface area (Å²) >= 11 is 6.21. The summed E-state index contributed by atoms with van der Waals surface area (Å²) in [5.74, 6) is -0.488. The van der Waals surface area contributed by atoms with Crippen LogP contribution in [0.15, 0.2) is 36.4 Å². The standard InChI is InChI=1S/C23H28ClN3O4/c1-5-27(6-2)22(29)14-31-20-10-9-18(12-19(20)24)26-21(28)13-25-23(30)17-8-7-15(3)16(4)11-17/h7-12H,5-6,13-14H2,1-4H3,(H,25,30)(H,26,28). The first kappa shape index (κ1) is 24.2. The number of anilines is 1. The van der Waals surface area contributed by atoms with E-state index < -0.39 is 5.91 Å². The van der Waals surface area contributed by atoms with Crippen molar-refractivity contribution < 1.29 is 19.1 Å². The number of nitrogens with zero attached hydrogens (tertiary/aromatic N) is 1. The van der Waals surface area contributed by atoms with Crippen LogP contribution in [0.4, 0.5) is 5.69 Å². The van der Waals surface area contributed by atoms with Crippen molar-refractivity contribution in [3.63, 3.8) is 0 Å². The molecular formula is C23H28ClN3O4. The Bertz CT molecular complexity index is 958. The van der Waals surface area contributed by atoms with Crippen molar-refractivity contribution in [3.8, 4) is 5.75 Å². The van der Waals surface area contributed by atoms with Crippen molar-refractivity contribution in [2.75, 3.05) is 31.6 Å². The van der Waals surface area contributed by atoms with Crippen LogP contribution in [0.25, 0.3) is 0 Å². The molecule has 0 saturated carbocycles. The number of rotatable bonds is 9. The van der Waals surface area contributed by atoms with Crippen LogP contribution in [0.5, 0.6) is 5.75 Å². The summed E-state index contributed by atoms with van der Waals surface area (Å²) in [6.45, 7) is 8.61. The number of nitrogens with one attached hydrogen (secondary N) is 2. The molecule has 2 rings (SSSR count). The number of hydrogen-bond donors (Lipinski definition) is 2. The van der Waals surface area contributed by atoms with Gasteiger partial charge in [-0.3, -0.25) is 14.4 Å². The van der Waals surface area contributed by atoms with Gasteiger partial charge in [0.1, 0.15) is 5.75 Å². The summed E-state index contributed by atoms with van der Waals surface area (Å²) in [4.78, 5) is 38.1. The summed E-state index contributed by atoms with van der Waals surface area (Å²) in [5.41, 5.74) is 3.06. The van der Waals surface area contributed by atoms with E-state index >= 15 is 0 Å². The number of carbonyl (C=O) groups is 3.